The molecule has 2 N–H and O–H groups in total. The molecule has 2 aromatic rings. The average molecular weight is 355 g/mol. The van der Waals surface area contributed by atoms with Gasteiger partial charge < -0.3 is 10.6 Å². The predicted molar refractivity (Wildman–Crippen MR) is 92.9 cm³/mol. The third-order valence-electron chi connectivity index (χ3n) is 4.54. The van der Waals surface area contributed by atoms with Gasteiger partial charge in [-0.25, -0.2) is 4.98 Å². The Hall–Kier alpha value is -1.44. The zero-order chi connectivity index (χ0) is 15.3. The van der Waals surface area contributed by atoms with Gasteiger partial charge >= 0.3 is 0 Å². The number of carbonyl (C=O) groups is 1. The molecule has 2 aliphatic heterocycles. The van der Waals surface area contributed by atoms with Crippen molar-refractivity contribution in [3.63, 3.8) is 0 Å². The molecule has 0 unspecified atom stereocenters. The summed E-state index contributed by atoms with van der Waals surface area (Å²) < 4.78 is 1.75. The molecule has 1 saturated heterocycles. The number of fused-ring (bicyclic) bond motifs is 2. The van der Waals surface area contributed by atoms with Crippen LogP contribution in [0.25, 0.3) is 10.2 Å². The van der Waals surface area contributed by atoms with Crippen LogP contribution in [0.15, 0.2) is 4.79 Å². The van der Waals surface area contributed by atoms with E-state index >= 15 is 0 Å². The summed E-state index contributed by atoms with van der Waals surface area (Å²) in [5.41, 5.74) is 0.775. The molecule has 0 aliphatic carbocycles. The van der Waals surface area contributed by atoms with Crippen LogP contribution >= 0.6 is 23.7 Å². The molecule has 23 heavy (non-hydrogen) atoms. The van der Waals surface area contributed by atoms with Crippen LogP contribution in [0.3, 0.4) is 0 Å². The van der Waals surface area contributed by atoms with Gasteiger partial charge in [0, 0.05) is 38.5 Å². The highest BCUT2D eigenvalue weighted by Crippen LogP contribution is 2.28. The average Bonchev–Trinajstić information content (AvgIpc) is 3.02. The minimum atomic E-state index is -0.0861. The van der Waals surface area contributed by atoms with Gasteiger partial charge in [0.15, 0.2) is 0 Å². The topological polar surface area (TPSA) is 76.0 Å². The van der Waals surface area contributed by atoms with E-state index in [1.165, 1.54) is 11.3 Å². The summed E-state index contributed by atoms with van der Waals surface area (Å²) in [6.45, 7) is 5.19. The zero-order valence-corrected chi connectivity index (χ0v) is 14.5. The largest absolute Gasteiger partial charge is 0.351 e. The molecule has 6 nitrogen and oxygen atoms in total. The first-order valence-corrected chi connectivity index (χ1v) is 8.48. The number of hydrogen-bond acceptors (Lipinski definition) is 5. The molecular formula is C15H19ClN4O2S. The first kappa shape index (κ1) is 16.4. The molecular weight excluding hydrogens is 336 g/mol. The van der Waals surface area contributed by atoms with Crippen LogP contribution in [0.1, 0.15) is 27.5 Å². The molecule has 0 saturated carbocycles. The lowest BCUT2D eigenvalue weighted by molar-refractivity contribution is 0.0946. The molecule has 4 heterocycles. The first-order chi connectivity index (χ1) is 10.6. The highest BCUT2D eigenvalue weighted by molar-refractivity contribution is 7.20. The van der Waals surface area contributed by atoms with Crippen LogP contribution in [-0.4, -0.2) is 35.1 Å². The second-order valence-electron chi connectivity index (χ2n) is 6.06. The van der Waals surface area contributed by atoms with Crippen LogP contribution in [0, 0.1) is 12.8 Å². The van der Waals surface area contributed by atoms with E-state index < -0.39 is 0 Å². The van der Waals surface area contributed by atoms with Gasteiger partial charge in [0.2, 0.25) is 0 Å². The van der Waals surface area contributed by atoms with Crippen LogP contribution < -0.4 is 16.2 Å². The lowest BCUT2D eigenvalue weighted by Gasteiger charge is -2.26. The Balaban J connectivity index is 0.00000156. The molecule has 8 heteroatoms. The number of thiophene rings is 1. The molecule has 4 rings (SSSR count). The third kappa shape index (κ3) is 2.66. The van der Waals surface area contributed by atoms with Crippen LogP contribution in [0.4, 0.5) is 0 Å². The Bertz CT molecular complexity index is 825. The summed E-state index contributed by atoms with van der Waals surface area (Å²) in [5.74, 6) is 1.29. The van der Waals surface area contributed by atoms with E-state index in [1.807, 2.05) is 6.92 Å². The van der Waals surface area contributed by atoms with Gasteiger partial charge in [0.1, 0.15) is 10.7 Å². The van der Waals surface area contributed by atoms with Crippen molar-refractivity contribution in [2.45, 2.75) is 26.3 Å². The van der Waals surface area contributed by atoms with E-state index in [4.69, 9.17) is 0 Å². The van der Waals surface area contributed by atoms with E-state index in [0.717, 1.165) is 43.9 Å². The summed E-state index contributed by atoms with van der Waals surface area (Å²) in [7, 11) is 0. The number of carbonyl (C=O) groups excluding carboxylic acids is 1. The molecule has 0 atom stereocenters. The number of nitrogens with zero attached hydrogens (tertiary/aromatic N) is 2. The monoisotopic (exact) mass is 354 g/mol. The fourth-order valence-electron chi connectivity index (χ4n) is 3.10. The van der Waals surface area contributed by atoms with Crippen LogP contribution in [0.5, 0.6) is 0 Å². The maximum atomic E-state index is 12.6. The maximum absolute atomic E-state index is 12.6. The van der Waals surface area contributed by atoms with Crippen LogP contribution in [0.2, 0.25) is 0 Å². The van der Waals surface area contributed by atoms with Crippen molar-refractivity contribution in [1.29, 1.82) is 0 Å². The van der Waals surface area contributed by atoms with E-state index in [0.29, 0.717) is 27.6 Å². The number of rotatable bonds is 3. The fourth-order valence-corrected chi connectivity index (χ4v) is 4.21. The molecule has 0 bridgehead atoms. The molecule has 0 spiro atoms. The standard InChI is InChI=1S/C15H18N4O2S.ClH/c1-8-11-14(18-10-3-2-4-19(10)15(11)21)22-12(8)13(20)17-7-9-5-16-6-9;/h9,16H,2-7H2,1H3,(H,17,20);1H. The zero-order valence-electron chi connectivity index (χ0n) is 12.8. The van der Waals surface area contributed by atoms with Crippen molar-refractivity contribution < 1.29 is 4.79 Å². The van der Waals surface area contributed by atoms with Crippen molar-refractivity contribution in [2.75, 3.05) is 19.6 Å². The lowest BCUT2D eigenvalue weighted by Crippen LogP contribution is -2.48. The summed E-state index contributed by atoms with van der Waals surface area (Å²) in [5, 5.41) is 6.78. The van der Waals surface area contributed by atoms with E-state index in [9.17, 15) is 9.59 Å². The van der Waals surface area contributed by atoms with Crippen molar-refractivity contribution in [2.24, 2.45) is 5.92 Å². The summed E-state index contributed by atoms with van der Waals surface area (Å²) in [6.07, 6.45) is 1.82. The number of amides is 1. The van der Waals surface area contributed by atoms with Crippen molar-refractivity contribution in [3.05, 3.63) is 26.6 Å². The molecule has 1 fully saturated rings. The summed E-state index contributed by atoms with van der Waals surface area (Å²) in [4.78, 5) is 30.9. The molecule has 2 aromatic heterocycles. The van der Waals surface area contributed by atoms with E-state index in [-0.39, 0.29) is 23.9 Å². The number of nitrogens with one attached hydrogen (secondary N) is 2. The number of hydrogen-bond donors (Lipinski definition) is 2. The van der Waals surface area contributed by atoms with Crippen LogP contribution in [-0.2, 0) is 13.0 Å². The van der Waals surface area contributed by atoms with E-state index in [1.54, 1.807) is 4.57 Å². The fraction of sp³-hybridized carbons (Fsp3) is 0.533. The van der Waals surface area contributed by atoms with Gasteiger partial charge in [-0.1, -0.05) is 0 Å². The Kier molecular flexibility index (Phi) is 4.44. The summed E-state index contributed by atoms with van der Waals surface area (Å²) >= 11 is 1.34. The SMILES string of the molecule is Cc1c(C(=O)NCC2CNC2)sc2nc3n(c(=O)c12)CCC3.Cl. The van der Waals surface area contributed by atoms with Gasteiger partial charge in [0.05, 0.1) is 10.3 Å². The Morgan fingerprint density at radius 2 is 2.26 bits per heavy atom. The van der Waals surface area contributed by atoms with Crippen molar-refractivity contribution in [3.8, 4) is 0 Å². The lowest BCUT2D eigenvalue weighted by atomic mass is 10.0. The number of aromatic nitrogens is 2. The minimum absolute atomic E-state index is 0. The maximum Gasteiger partial charge on any atom is 0.262 e. The number of halogens is 1. The molecule has 1 amide bonds. The van der Waals surface area contributed by atoms with Gasteiger partial charge in [-0.3, -0.25) is 14.2 Å². The Morgan fingerprint density at radius 1 is 1.48 bits per heavy atom. The smallest absolute Gasteiger partial charge is 0.262 e. The Labute approximate surface area is 143 Å². The van der Waals surface area contributed by atoms with Gasteiger partial charge in [0.25, 0.3) is 11.5 Å². The van der Waals surface area contributed by atoms with Gasteiger partial charge in [-0.05, 0) is 18.9 Å². The quantitative estimate of drug-likeness (QED) is 0.865. The Morgan fingerprint density at radius 3 is 2.96 bits per heavy atom. The van der Waals surface area contributed by atoms with Gasteiger partial charge in [-0.2, -0.15) is 0 Å². The predicted octanol–water partition coefficient (Wildman–Crippen LogP) is 1.08. The van der Waals surface area contributed by atoms with Gasteiger partial charge in [-0.15, -0.1) is 23.7 Å². The molecule has 0 radical (unpaired) electrons. The normalized spacial score (nSPS) is 16.7. The third-order valence-corrected chi connectivity index (χ3v) is 5.72. The highest BCUT2D eigenvalue weighted by Gasteiger charge is 2.24. The molecule has 2 aliphatic rings. The van der Waals surface area contributed by atoms with Crippen molar-refractivity contribution >= 4 is 39.9 Å². The van der Waals surface area contributed by atoms with Crippen molar-refractivity contribution in [1.82, 2.24) is 20.2 Å². The minimum Gasteiger partial charge on any atom is -0.351 e. The molecule has 0 aromatic carbocycles. The molecule has 124 valence electrons. The first-order valence-electron chi connectivity index (χ1n) is 7.67. The second kappa shape index (κ2) is 6.22. The second-order valence-corrected chi connectivity index (χ2v) is 7.06. The number of aryl methyl sites for hydroxylation is 2. The van der Waals surface area contributed by atoms with E-state index in [2.05, 4.69) is 15.6 Å². The summed E-state index contributed by atoms with van der Waals surface area (Å²) in [6, 6.07) is 0. The highest BCUT2D eigenvalue weighted by atomic mass is 35.5.